The van der Waals surface area contributed by atoms with Gasteiger partial charge in [-0.05, 0) is 50.3 Å². The van der Waals surface area contributed by atoms with E-state index in [1.807, 2.05) is 18.4 Å². The molecule has 1 aromatic heterocycles. The number of ether oxygens (including phenoxy) is 2. The molecule has 2 aromatic rings. The Labute approximate surface area is 181 Å². The Morgan fingerprint density at radius 1 is 1.41 bits per heavy atom. The number of aromatic nitrogens is 1. The third-order valence-electron chi connectivity index (χ3n) is 4.62. The van der Waals surface area contributed by atoms with Crippen molar-refractivity contribution in [3.05, 3.63) is 44.7 Å². The first kappa shape index (κ1) is 22.1. The molecule has 1 aromatic carbocycles. The second-order valence-corrected chi connectivity index (χ2v) is 10.1. The summed E-state index contributed by atoms with van der Waals surface area (Å²) in [6, 6.07) is 5.06. The summed E-state index contributed by atoms with van der Waals surface area (Å²) >= 11 is 7.68. The lowest BCUT2D eigenvalue weighted by Gasteiger charge is -2.15. The first-order chi connectivity index (χ1) is 13.6. The largest absolute Gasteiger partial charge is 0.490 e. The SMILES string of the molecule is CC(C)Oc1ccc(Cl)cc1C(=O)/N=c1\sc(C(C)(C)C)cn1C[C@H]1CCCO1. The van der Waals surface area contributed by atoms with Gasteiger partial charge in [0, 0.05) is 22.7 Å². The van der Waals surface area contributed by atoms with Crippen LogP contribution in [0.15, 0.2) is 29.4 Å². The summed E-state index contributed by atoms with van der Waals surface area (Å²) in [5.41, 5.74) is 0.349. The lowest BCUT2D eigenvalue weighted by Crippen LogP contribution is -2.23. The summed E-state index contributed by atoms with van der Waals surface area (Å²) in [5.74, 6) is 0.142. The lowest BCUT2D eigenvalue weighted by molar-refractivity contribution is 0.0948. The van der Waals surface area contributed by atoms with Crippen LogP contribution in [-0.2, 0) is 16.7 Å². The van der Waals surface area contributed by atoms with Gasteiger partial charge in [0.15, 0.2) is 4.80 Å². The van der Waals surface area contributed by atoms with Gasteiger partial charge in [0.25, 0.3) is 5.91 Å². The molecule has 0 saturated carbocycles. The van der Waals surface area contributed by atoms with E-state index in [0.29, 0.717) is 27.7 Å². The second-order valence-electron chi connectivity index (χ2n) is 8.64. The molecule has 1 aliphatic rings. The van der Waals surface area contributed by atoms with Crippen LogP contribution in [0, 0.1) is 0 Å². The molecule has 1 saturated heterocycles. The van der Waals surface area contributed by atoms with Crippen LogP contribution in [0.5, 0.6) is 5.75 Å². The zero-order chi connectivity index (χ0) is 21.2. The molecule has 0 spiro atoms. The Morgan fingerprint density at radius 2 is 2.17 bits per heavy atom. The zero-order valence-electron chi connectivity index (χ0n) is 17.7. The highest BCUT2D eigenvalue weighted by molar-refractivity contribution is 7.09. The third-order valence-corrected chi connectivity index (χ3v) is 6.30. The van der Waals surface area contributed by atoms with E-state index in [1.165, 1.54) is 4.88 Å². The molecule has 0 bridgehead atoms. The number of amides is 1. The van der Waals surface area contributed by atoms with Crippen molar-refractivity contribution >= 4 is 28.8 Å². The molecule has 0 radical (unpaired) electrons. The van der Waals surface area contributed by atoms with E-state index in [0.717, 1.165) is 19.4 Å². The van der Waals surface area contributed by atoms with Crippen molar-refractivity contribution in [2.75, 3.05) is 6.61 Å². The number of nitrogens with zero attached hydrogens (tertiary/aromatic N) is 2. The van der Waals surface area contributed by atoms with Gasteiger partial charge in [-0.2, -0.15) is 4.99 Å². The number of carbonyl (C=O) groups is 1. The highest BCUT2D eigenvalue weighted by Gasteiger charge is 2.22. The Morgan fingerprint density at radius 3 is 2.79 bits per heavy atom. The van der Waals surface area contributed by atoms with Crippen LogP contribution < -0.4 is 9.54 Å². The van der Waals surface area contributed by atoms with Crippen LogP contribution >= 0.6 is 22.9 Å². The smallest absolute Gasteiger partial charge is 0.283 e. The Bertz CT molecular complexity index is 934. The average Bonchev–Trinajstić information content (AvgIpc) is 3.26. The van der Waals surface area contributed by atoms with Crippen molar-refractivity contribution in [3.63, 3.8) is 0 Å². The Hall–Kier alpha value is -1.63. The fourth-order valence-corrected chi connectivity index (χ4v) is 4.35. The quantitative estimate of drug-likeness (QED) is 0.646. The van der Waals surface area contributed by atoms with Gasteiger partial charge in [-0.15, -0.1) is 11.3 Å². The first-order valence-electron chi connectivity index (χ1n) is 10.0. The molecule has 0 unspecified atom stereocenters. The molecule has 5 nitrogen and oxygen atoms in total. The minimum Gasteiger partial charge on any atom is -0.490 e. The van der Waals surface area contributed by atoms with E-state index < -0.39 is 0 Å². The van der Waals surface area contributed by atoms with Crippen molar-refractivity contribution < 1.29 is 14.3 Å². The molecule has 29 heavy (non-hydrogen) atoms. The van der Waals surface area contributed by atoms with Gasteiger partial charge in [-0.3, -0.25) is 4.79 Å². The molecule has 1 aliphatic heterocycles. The molecular formula is C22H29ClN2O3S. The van der Waals surface area contributed by atoms with Crippen molar-refractivity contribution in [1.29, 1.82) is 0 Å². The van der Waals surface area contributed by atoms with Gasteiger partial charge in [0.05, 0.1) is 24.3 Å². The lowest BCUT2D eigenvalue weighted by atomic mass is 9.95. The van der Waals surface area contributed by atoms with E-state index in [4.69, 9.17) is 21.1 Å². The van der Waals surface area contributed by atoms with Crippen LogP contribution in [0.2, 0.25) is 5.02 Å². The maximum absolute atomic E-state index is 13.1. The molecule has 2 heterocycles. The molecule has 158 valence electrons. The Balaban J connectivity index is 2.01. The van der Waals surface area contributed by atoms with E-state index in [2.05, 4.69) is 32.0 Å². The van der Waals surface area contributed by atoms with Gasteiger partial charge in [0.2, 0.25) is 0 Å². The third kappa shape index (κ3) is 5.71. The molecular weight excluding hydrogens is 408 g/mol. The predicted molar refractivity (Wildman–Crippen MR) is 117 cm³/mol. The first-order valence-corrected chi connectivity index (χ1v) is 11.2. The number of rotatable bonds is 5. The molecule has 1 atom stereocenters. The summed E-state index contributed by atoms with van der Waals surface area (Å²) in [4.78, 5) is 19.4. The molecule has 3 rings (SSSR count). The zero-order valence-corrected chi connectivity index (χ0v) is 19.3. The summed E-state index contributed by atoms with van der Waals surface area (Å²) in [5, 5.41) is 0.480. The van der Waals surface area contributed by atoms with Crippen LogP contribution in [0.1, 0.15) is 62.7 Å². The predicted octanol–water partition coefficient (Wildman–Crippen LogP) is 5.21. The number of carbonyl (C=O) groups excluding carboxylic acids is 1. The van der Waals surface area contributed by atoms with Gasteiger partial charge in [0.1, 0.15) is 5.75 Å². The van der Waals surface area contributed by atoms with Crippen molar-refractivity contribution in [2.24, 2.45) is 4.99 Å². The van der Waals surface area contributed by atoms with Gasteiger partial charge in [-0.1, -0.05) is 32.4 Å². The number of halogens is 1. The Kier molecular flexibility index (Phi) is 6.87. The minimum absolute atomic E-state index is 0.0261. The van der Waals surface area contributed by atoms with Gasteiger partial charge >= 0.3 is 0 Å². The fraction of sp³-hybridized carbons (Fsp3) is 0.545. The van der Waals surface area contributed by atoms with E-state index >= 15 is 0 Å². The standard InChI is InChI=1S/C22H29ClN2O3S/c1-14(2)28-18-9-8-15(23)11-17(18)20(26)24-21-25(12-16-7-6-10-27-16)13-19(29-21)22(3,4)5/h8-9,11,13-14,16H,6-7,10,12H2,1-5H3/b24-21-/t16-/m1/s1. The summed E-state index contributed by atoms with van der Waals surface area (Å²) < 4.78 is 13.6. The fourth-order valence-electron chi connectivity index (χ4n) is 3.13. The number of benzene rings is 1. The summed E-state index contributed by atoms with van der Waals surface area (Å²) in [7, 11) is 0. The van der Waals surface area contributed by atoms with Crippen molar-refractivity contribution in [3.8, 4) is 5.75 Å². The normalized spacial score (nSPS) is 17.9. The van der Waals surface area contributed by atoms with E-state index in [1.54, 1.807) is 29.5 Å². The van der Waals surface area contributed by atoms with E-state index in [-0.39, 0.29) is 23.5 Å². The molecule has 1 fully saturated rings. The minimum atomic E-state index is -0.355. The topological polar surface area (TPSA) is 52.8 Å². The highest BCUT2D eigenvalue weighted by atomic mass is 35.5. The maximum Gasteiger partial charge on any atom is 0.283 e. The van der Waals surface area contributed by atoms with Gasteiger partial charge in [-0.25, -0.2) is 0 Å². The number of hydrogen-bond donors (Lipinski definition) is 0. The molecule has 1 amide bonds. The number of thiazole rings is 1. The van der Waals surface area contributed by atoms with Crippen LogP contribution in [0.3, 0.4) is 0 Å². The van der Waals surface area contributed by atoms with Crippen molar-refractivity contribution in [2.45, 2.75) is 71.6 Å². The van der Waals surface area contributed by atoms with E-state index in [9.17, 15) is 4.79 Å². The van der Waals surface area contributed by atoms with Gasteiger partial charge < -0.3 is 14.0 Å². The van der Waals surface area contributed by atoms with Crippen LogP contribution in [-0.4, -0.2) is 29.3 Å². The second kappa shape index (κ2) is 9.02. The molecule has 0 N–H and O–H groups in total. The van der Waals surface area contributed by atoms with Crippen molar-refractivity contribution in [1.82, 2.24) is 4.57 Å². The number of hydrogen-bond acceptors (Lipinski definition) is 4. The summed E-state index contributed by atoms with van der Waals surface area (Å²) in [6.45, 7) is 11.8. The van der Waals surface area contributed by atoms with Crippen LogP contribution in [0.4, 0.5) is 0 Å². The maximum atomic E-state index is 13.1. The summed E-state index contributed by atoms with van der Waals surface area (Å²) in [6.07, 6.45) is 4.31. The monoisotopic (exact) mass is 436 g/mol. The molecule has 7 heteroatoms. The molecule has 0 aliphatic carbocycles. The average molecular weight is 437 g/mol. The van der Waals surface area contributed by atoms with Crippen LogP contribution in [0.25, 0.3) is 0 Å². The highest BCUT2D eigenvalue weighted by Crippen LogP contribution is 2.27.